The molecule has 0 atom stereocenters. The molecule has 1 heterocycles. The third-order valence-electron chi connectivity index (χ3n) is 1.85. The van der Waals surface area contributed by atoms with E-state index >= 15 is 0 Å². The highest BCUT2D eigenvalue weighted by Crippen LogP contribution is 2.09. The largest absolute Gasteiger partial charge is 0.307 e. The lowest BCUT2D eigenvalue weighted by atomic mass is 10.4. The molecule has 1 aromatic rings. The van der Waals surface area contributed by atoms with Crippen LogP contribution >= 0.6 is 11.3 Å². The standard InChI is InChI=1S/C8H11NO2S/c1-6-7(2)12-8(11)9(6)4-3-5-10/h5H,3-4H2,1-2H3. The Labute approximate surface area is 74.6 Å². The van der Waals surface area contributed by atoms with E-state index in [0.717, 1.165) is 16.9 Å². The zero-order chi connectivity index (χ0) is 9.14. The van der Waals surface area contributed by atoms with Crippen molar-refractivity contribution >= 4 is 17.6 Å². The molecule has 0 spiro atoms. The minimum Gasteiger partial charge on any atom is -0.303 e. The average Bonchev–Trinajstić information content (AvgIpc) is 2.25. The van der Waals surface area contributed by atoms with Crippen LogP contribution in [0.2, 0.25) is 0 Å². The molecule has 3 nitrogen and oxygen atoms in total. The van der Waals surface area contributed by atoms with Crippen LogP contribution < -0.4 is 4.87 Å². The Hall–Kier alpha value is -0.900. The van der Waals surface area contributed by atoms with Crippen LogP contribution in [0.1, 0.15) is 17.0 Å². The van der Waals surface area contributed by atoms with E-state index in [0.29, 0.717) is 13.0 Å². The van der Waals surface area contributed by atoms with Gasteiger partial charge in [0, 0.05) is 23.5 Å². The summed E-state index contributed by atoms with van der Waals surface area (Å²) in [7, 11) is 0. The van der Waals surface area contributed by atoms with E-state index in [9.17, 15) is 9.59 Å². The Kier molecular flexibility index (Phi) is 2.81. The van der Waals surface area contributed by atoms with Crippen molar-refractivity contribution in [3.05, 3.63) is 20.2 Å². The van der Waals surface area contributed by atoms with Crippen molar-refractivity contribution in [2.75, 3.05) is 0 Å². The number of carbonyl (C=O) groups is 1. The van der Waals surface area contributed by atoms with Gasteiger partial charge in [-0.25, -0.2) is 0 Å². The number of aromatic nitrogens is 1. The Morgan fingerprint density at radius 2 is 2.17 bits per heavy atom. The third kappa shape index (κ3) is 1.64. The van der Waals surface area contributed by atoms with Gasteiger partial charge in [0.05, 0.1) is 0 Å². The molecule has 0 N–H and O–H groups in total. The predicted molar refractivity (Wildman–Crippen MR) is 48.7 cm³/mol. The number of aryl methyl sites for hydroxylation is 1. The fraction of sp³-hybridized carbons (Fsp3) is 0.500. The second kappa shape index (κ2) is 3.67. The maximum Gasteiger partial charge on any atom is 0.307 e. The molecule has 1 rings (SSSR count). The smallest absolute Gasteiger partial charge is 0.303 e. The van der Waals surface area contributed by atoms with Crippen molar-refractivity contribution in [2.45, 2.75) is 26.8 Å². The first-order valence-corrected chi connectivity index (χ1v) is 4.59. The minimum absolute atomic E-state index is 0.0341. The van der Waals surface area contributed by atoms with Crippen molar-refractivity contribution in [1.29, 1.82) is 0 Å². The molecule has 0 aliphatic heterocycles. The van der Waals surface area contributed by atoms with E-state index in [1.54, 1.807) is 4.57 Å². The van der Waals surface area contributed by atoms with Crippen molar-refractivity contribution in [3.63, 3.8) is 0 Å². The van der Waals surface area contributed by atoms with Crippen molar-refractivity contribution in [2.24, 2.45) is 0 Å². The summed E-state index contributed by atoms with van der Waals surface area (Å²) in [6.45, 7) is 4.33. The highest BCUT2D eigenvalue weighted by Gasteiger charge is 2.05. The lowest BCUT2D eigenvalue weighted by Crippen LogP contribution is -2.14. The van der Waals surface area contributed by atoms with Crippen molar-refractivity contribution in [3.8, 4) is 0 Å². The number of carbonyl (C=O) groups excluding carboxylic acids is 1. The monoisotopic (exact) mass is 185 g/mol. The van der Waals surface area contributed by atoms with Crippen molar-refractivity contribution in [1.82, 2.24) is 4.57 Å². The topological polar surface area (TPSA) is 39.1 Å². The fourth-order valence-corrected chi connectivity index (χ4v) is 1.89. The van der Waals surface area contributed by atoms with Crippen molar-refractivity contribution < 1.29 is 4.79 Å². The first-order chi connectivity index (χ1) is 5.66. The molecule has 12 heavy (non-hydrogen) atoms. The van der Waals surface area contributed by atoms with E-state index < -0.39 is 0 Å². The highest BCUT2D eigenvalue weighted by atomic mass is 32.1. The molecule has 4 heteroatoms. The van der Waals surface area contributed by atoms with Gasteiger partial charge in [0.15, 0.2) is 0 Å². The number of aldehydes is 1. The molecule has 0 amide bonds. The van der Waals surface area contributed by atoms with E-state index in [2.05, 4.69) is 0 Å². The third-order valence-corrected chi connectivity index (χ3v) is 2.84. The Bertz CT molecular complexity index is 337. The van der Waals surface area contributed by atoms with Gasteiger partial charge in [-0.05, 0) is 13.8 Å². The molecule has 0 bridgehead atoms. The van der Waals surface area contributed by atoms with Gasteiger partial charge in [0.25, 0.3) is 0 Å². The molecule has 0 unspecified atom stereocenters. The molecule has 0 radical (unpaired) electrons. The highest BCUT2D eigenvalue weighted by molar-refractivity contribution is 7.09. The van der Waals surface area contributed by atoms with Crippen LogP contribution in [0.3, 0.4) is 0 Å². The molecule has 0 saturated carbocycles. The summed E-state index contributed by atoms with van der Waals surface area (Å²) in [6.07, 6.45) is 1.25. The first-order valence-electron chi connectivity index (χ1n) is 3.77. The van der Waals surface area contributed by atoms with Crippen LogP contribution in [-0.2, 0) is 11.3 Å². The number of hydrogen-bond acceptors (Lipinski definition) is 3. The lowest BCUT2D eigenvalue weighted by Gasteiger charge is -1.99. The van der Waals surface area contributed by atoms with E-state index in [1.807, 2.05) is 13.8 Å². The number of hydrogen-bond donors (Lipinski definition) is 0. The summed E-state index contributed by atoms with van der Waals surface area (Å²) in [6, 6.07) is 0. The Balaban J connectivity index is 2.97. The number of rotatable bonds is 3. The van der Waals surface area contributed by atoms with Crippen LogP contribution in [0.15, 0.2) is 4.79 Å². The van der Waals surface area contributed by atoms with E-state index in [-0.39, 0.29) is 4.87 Å². The van der Waals surface area contributed by atoms with Gasteiger partial charge in [0.2, 0.25) is 0 Å². The predicted octanol–water partition coefficient (Wildman–Crippen LogP) is 1.12. The summed E-state index contributed by atoms with van der Waals surface area (Å²) in [5, 5.41) is 0. The van der Waals surface area contributed by atoms with E-state index in [4.69, 9.17) is 0 Å². The molecule has 0 saturated heterocycles. The number of nitrogens with zero attached hydrogens (tertiary/aromatic N) is 1. The zero-order valence-electron chi connectivity index (χ0n) is 7.16. The van der Waals surface area contributed by atoms with Crippen LogP contribution in [0.25, 0.3) is 0 Å². The van der Waals surface area contributed by atoms with Gasteiger partial charge in [0.1, 0.15) is 6.29 Å². The maximum atomic E-state index is 11.2. The summed E-state index contributed by atoms with van der Waals surface area (Å²) in [4.78, 5) is 22.4. The zero-order valence-corrected chi connectivity index (χ0v) is 7.98. The second-order valence-corrected chi connectivity index (χ2v) is 3.78. The molecule has 0 aliphatic rings. The molecule has 0 fully saturated rings. The van der Waals surface area contributed by atoms with Gasteiger partial charge < -0.3 is 9.36 Å². The minimum atomic E-state index is 0.0341. The lowest BCUT2D eigenvalue weighted by molar-refractivity contribution is -0.108. The molecule has 1 aromatic heterocycles. The van der Waals surface area contributed by atoms with Gasteiger partial charge in [-0.3, -0.25) is 4.79 Å². The Morgan fingerprint density at radius 3 is 2.58 bits per heavy atom. The molecule has 0 aliphatic carbocycles. The van der Waals surface area contributed by atoms with Crippen LogP contribution in [0.4, 0.5) is 0 Å². The van der Waals surface area contributed by atoms with Gasteiger partial charge in [-0.15, -0.1) is 0 Å². The molecule has 0 aromatic carbocycles. The first kappa shape index (κ1) is 9.19. The summed E-state index contributed by atoms with van der Waals surface area (Å²) in [5.41, 5.74) is 0.979. The summed E-state index contributed by atoms with van der Waals surface area (Å²) in [5.74, 6) is 0. The molecule has 66 valence electrons. The van der Waals surface area contributed by atoms with Gasteiger partial charge >= 0.3 is 4.87 Å². The molecular weight excluding hydrogens is 174 g/mol. The normalized spacial score (nSPS) is 10.2. The number of thiazole rings is 1. The molecular formula is C8H11NO2S. The van der Waals surface area contributed by atoms with Crippen LogP contribution in [0, 0.1) is 13.8 Å². The summed E-state index contributed by atoms with van der Waals surface area (Å²) < 4.78 is 1.65. The van der Waals surface area contributed by atoms with Crippen LogP contribution in [0.5, 0.6) is 0 Å². The van der Waals surface area contributed by atoms with Crippen LogP contribution in [-0.4, -0.2) is 10.9 Å². The summed E-state index contributed by atoms with van der Waals surface area (Å²) >= 11 is 1.24. The van der Waals surface area contributed by atoms with E-state index in [1.165, 1.54) is 11.3 Å². The maximum absolute atomic E-state index is 11.2. The fourth-order valence-electron chi connectivity index (χ4n) is 1.03. The van der Waals surface area contributed by atoms with Gasteiger partial charge in [-0.2, -0.15) is 0 Å². The quantitative estimate of drug-likeness (QED) is 0.662. The Morgan fingerprint density at radius 1 is 1.50 bits per heavy atom. The second-order valence-electron chi connectivity index (χ2n) is 2.62. The van der Waals surface area contributed by atoms with Gasteiger partial charge in [-0.1, -0.05) is 11.3 Å². The SMILES string of the molecule is Cc1sc(=O)n(CCC=O)c1C. The average molecular weight is 185 g/mol.